The molecule has 0 unspecified atom stereocenters. The molecule has 3 nitrogen and oxygen atoms in total. The van der Waals surface area contributed by atoms with Crippen molar-refractivity contribution < 1.29 is 4.74 Å². The van der Waals surface area contributed by atoms with Crippen molar-refractivity contribution in [2.45, 2.75) is 26.2 Å². The summed E-state index contributed by atoms with van der Waals surface area (Å²) in [5.41, 5.74) is 2.59. The summed E-state index contributed by atoms with van der Waals surface area (Å²) in [5.74, 6) is 0. The Morgan fingerprint density at radius 1 is 1.20 bits per heavy atom. The maximum Gasteiger partial charge on any atom is 0.195 e. The standard InChI is InChI=1S/C12H16N2O/c1-12(2,3)10-4-6-11(7-5-10)14-9-15-8-13-14/h4-8H,9H2,1-3H3. The van der Waals surface area contributed by atoms with E-state index in [9.17, 15) is 0 Å². The van der Waals surface area contributed by atoms with Crippen LogP contribution in [0.3, 0.4) is 0 Å². The molecular formula is C12H16N2O. The quantitative estimate of drug-likeness (QED) is 0.702. The molecule has 0 aliphatic carbocycles. The molecule has 3 heteroatoms. The number of benzene rings is 1. The Labute approximate surface area is 90.4 Å². The number of anilines is 1. The maximum absolute atomic E-state index is 5.04. The molecule has 80 valence electrons. The normalized spacial score (nSPS) is 15.5. The molecule has 1 aromatic rings. The van der Waals surface area contributed by atoms with Crippen LogP contribution in [0.2, 0.25) is 0 Å². The number of hydrogen-bond acceptors (Lipinski definition) is 3. The predicted molar refractivity (Wildman–Crippen MR) is 62.1 cm³/mol. The lowest BCUT2D eigenvalue weighted by Crippen LogP contribution is -2.14. The second kappa shape index (κ2) is 3.57. The van der Waals surface area contributed by atoms with E-state index in [2.05, 4.69) is 50.1 Å². The van der Waals surface area contributed by atoms with Gasteiger partial charge < -0.3 is 4.74 Å². The Morgan fingerprint density at radius 3 is 2.33 bits per heavy atom. The first-order valence-electron chi connectivity index (χ1n) is 5.09. The fourth-order valence-electron chi connectivity index (χ4n) is 1.50. The van der Waals surface area contributed by atoms with Crippen molar-refractivity contribution >= 4 is 12.1 Å². The average molecular weight is 204 g/mol. The third-order valence-electron chi connectivity index (χ3n) is 2.49. The molecule has 0 N–H and O–H groups in total. The van der Waals surface area contributed by atoms with Gasteiger partial charge in [0.15, 0.2) is 13.1 Å². The van der Waals surface area contributed by atoms with Crippen molar-refractivity contribution in [2.24, 2.45) is 5.10 Å². The summed E-state index contributed by atoms with van der Waals surface area (Å²) in [4.78, 5) is 0. The SMILES string of the molecule is CC(C)(C)c1ccc(N2COC=N2)cc1. The fourth-order valence-corrected chi connectivity index (χ4v) is 1.50. The first kappa shape index (κ1) is 10.0. The number of hydrazone groups is 1. The minimum Gasteiger partial charge on any atom is -0.459 e. The minimum absolute atomic E-state index is 0.198. The zero-order chi connectivity index (χ0) is 10.9. The van der Waals surface area contributed by atoms with Crippen molar-refractivity contribution in [1.29, 1.82) is 0 Å². The van der Waals surface area contributed by atoms with Gasteiger partial charge in [0.25, 0.3) is 0 Å². The van der Waals surface area contributed by atoms with Crippen LogP contribution in [0.5, 0.6) is 0 Å². The molecule has 0 radical (unpaired) electrons. The summed E-state index contributed by atoms with van der Waals surface area (Å²) >= 11 is 0. The van der Waals surface area contributed by atoms with Crippen molar-refractivity contribution in [2.75, 3.05) is 11.7 Å². The molecule has 1 aliphatic heterocycles. The largest absolute Gasteiger partial charge is 0.459 e. The summed E-state index contributed by atoms with van der Waals surface area (Å²) in [5, 5.41) is 5.91. The van der Waals surface area contributed by atoms with Crippen molar-refractivity contribution in [3.05, 3.63) is 29.8 Å². The summed E-state index contributed by atoms with van der Waals surface area (Å²) in [6, 6.07) is 8.44. The summed E-state index contributed by atoms with van der Waals surface area (Å²) < 4.78 is 5.04. The first-order valence-corrected chi connectivity index (χ1v) is 5.09. The van der Waals surface area contributed by atoms with E-state index in [1.165, 1.54) is 12.0 Å². The first-order chi connectivity index (χ1) is 7.07. The minimum atomic E-state index is 0.198. The van der Waals surface area contributed by atoms with Crippen molar-refractivity contribution in [3.63, 3.8) is 0 Å². The van der Waals surface area contributed by atoms with E-state index in [0.29, 0.717) is 6.73 Å². The van der Waals surface area contributed by atoms with Crippen LogP contribution in [0.25, 0.3) is 0 Å². The van der Waals surface area contributed by atoms with E-state index in [4.69, 9.17) is 4.74 Å². The maximum atomic E-state index is 5.04. The molecule has 0 spiro atoms. The molecule has 0 saturated heterocycles. The Kier molecular flexibility index (Phi) is 2.39. The molecule has 0 bridgehead atoms. The van der Waals surface area contributed by atoms with Crippen LogP contribution in [0.15, 0.2) is 29.4 Å². The van der Waals surface area contributed by atoms with Gasteiger partial charge in [-0.15, -0.1) is 5.10 Å². The lowest BCUT2D eigenvalue weighted by Gasteiger charge is -2.20. The molecule has 15 heavy (non-hydrogen) atoms. The summed E-state index contributed by atoms with van der Waals surface area (Å²) in [6.45, 7) is 7.13. The molecule has 0 aromatic heterocycles. The third kappa shape index (κ3) is 2.12. The van der Waals surface area contributed by atoms with Gasteiger partial charge in [-0.25, -0.2) is 5.01 Å². The van der Waals surface area contributed by atoms with Gasteiger partial charge in [-0.3, -0.25) is 0 Å². The second-order valence-corrected chi connectivity index (χ2v) is 4.71. The van der Waals surface area contributed by atoms with Gasteiger partial charge in [0.2, 0.25) is 0 Å². The Balaban J connectivity index is 2.20. The van der Waals surface area contributed by atoms with Crippen molar-refractivity contribution in [1.82, 2.24) is 0 Å². The van der Waals surface area contributed by atoms with Gasteiger partial charge in [-0.1, -0.05) is 32.9 Å². The van der Waals surface area contributed by atoms with Gasteiger partial charge >= 0.3 is 0 Å². The van der Waals surface area contributed by atoms with Crippen LogP contribution in [-0.2, 0) is 10.2 Å². The van der Waals surface area contributed by atoms with Crippen LogP contribution in [-0.4, -0.2) is 13.1 Å². The third-order valence-corrected chi connectivity index (χ3v) is 2.49. The Hall–Kier alpha value is -1.51. The van der Waals surface area contributed by atoms with Crippen LogP contribution < -0.4 is 5.01 Å². The number of nitrogens with zero attached hydrogens (tertiary/aromatic N) is 2. The highest BCUT2D eigenvalue weighted by atomic mass is 16.5. The highest BCUT2D eigenvalue weighted by Crippen LogP contribution is 2.25. The van der Waals surface area contributed by atoms with Gasteiger partial charge in [0.1, 0.15) is 0 Å². The van der Waals surface area contributed by atoms with Crippen LogP contribution in [0.1, 0.15) is 26.3 Å². The molecule has 0 saturated carbocycles. The van der Waals surface area contributed by atoms with E-state index >= 15 is 0 Å². The smallest absolute Gasteiger partial charge is 0.195 e. The zero-order valence-corrected chi connectivity index (χ0v) is 9.40. The molecule has 1 aromatic carbocycles. The number of rotatable bonds is 1. The fraction of sp³-hybridized carbons (Fsp3) is 0.417. The predicted octanol–water partition coefficient (Wildman–Crippen LogP) is 2.72. The van der Waals surface area contributed by atoms with E-state index < -0.39 is 0 Å². The highest BCUT2D eigenvalue weighted by molar-refractivity contribution is 5.57. The molecule has 0 amide bonds. The number of hydrogen-bond donors (Lipinski definition) is 0. The lowest BCUT2D eigenvalue weighted by molar-refractivity contribution is 0.350. The lowest BCUT2D eigenvalue weighted by atomic mass is 9.87. The van der Waals surface area contributed by atoms with Crippen molar-refractivity contribution in [3.8, 4) is 0 Å². The molecule has 1 aliphatic rings. The molecule has 1 heterocycles. The molecular weight excluding hydrogens is 188 g/mol. The van der Waals surface area contributed by atoms with E-state index in [-0.39, 0.29) is 5.41 Å². The average Bonchev–Trinajstić information content (AvgIpc) is 2.69. The Bertz CT molecular complexity index is 362. The number of ether oxygens (including phenoxy) is 1. The van der Waals surface area contributed by atoms with Crippen LogP contribution in [0.4, 0.5) is 5.69 Å². The topological polar surface area (TPSA) is 24.8 Å². The van der Waals surface area contributed by atoms with Gasteiger partial charge in [-0.05, 0) is 23.1 Å². The molecule has 0 atom stereocenters. The van der Waals surface area contributed by atoms with Crippen LogP contribution >= 0.6 is 0 Å². The molecule has 2 rings (SSSR count). The second-order valence-electron chi connectivity index (χ2n) is 4.71. The summed E-state index contributed by atoms with van der Waals surface area (Å²) in [6.07, 6.45) is 1.47. The zero-order valence-electron chi connectivity index (χ0n) is 9.40. The van der Waals surface area contributed by atoms with Gasteiger partial charge in [-0.2, -0.15) is 0 Å². The monoisotopic (exact) mass is 204 g/mol. The Morgan fingerprint density at radius 2 is 1.87 bits per heavy atom. The van der Waals surface area contributed by atoms with E-state index in [1.54, 1.807) is 0 Å². The van der Waals surface area contributed by atoms with E-state index in [1.807, 2.05) is 5.01 Å². The van der Waals surface area contributed by atoms with Gasteiger partial charge in [0.05, 0.1) is 5.69 Å². The molecule has 0 fully saturated rings. The van der Waals surface area contributed by atoms with E-state index in [0.717, 1.165) is 5.69 Å². The van der Waals surface area contributed by atoms with Gasteiger partial charge in [0, 0.05) is 0 Å². The van der Waals surface area contributed by atoms with Crippen LogP contribution in [0, 0.1) is 0 Å². The summed E-state index contributed by atoms with van der Waals surface area (Å²) in [7, 11) is 0. The highest BCUT2D eigenvalue weighted by Gasteiger charge is 2.14.